The molecule has 0 aliphatic heterocycles. The molecule has 0 aromatic carbocycles. The maximum absolute atomic E-state index is 5.40. The van der Waals surface area contributed by atoms with Crippen molar-refractivity contribution in [2.45, 2.75) is 31.4 Å². The summed E-state index contributed by atoms with van der Waals surface area (Å²) in [6.07, 6.45) is 10.4. The van der Waals surface area contributed by atoms with Crippen LogP contribution >= 0.6 is 0 Å². The van der Waals surface area contributed by atoms with Crippen molar-refractivity contribution < 1.29 is 4.74 Å². The van der Waals surface area contributed by atoms with E-state index in [2.05, 4.69) is 24.1 Å². The molecule has 0 N–H and O–H groups in total. The van der Waals surface area contributed by atoms with Crippen LogP contribution in [0.25, 0.3) is 6.08 Å². The van der Waals surface area contributed by atoms with Crippen molar-refractivity contribution in [1.29, 1.82) is 0 Å². The van der Waals surface area contributed by atoms with Crippen molar-refractivity contribution in [2.75, 3.05) is 6.61 Å². The van der Waals surface area contributed by atoms with E-state index in [0.717, 1.165) is 22.4 Å². The molecule has 88 valence electrons. The first-order valence-electron chi connectivity index (χ1n) is 5.76. The second kappa shape index (κ2) is 7.51. The average Bonchev–Trinajstić information content (AvgIpc) is 2.30. The van der Waals surface area contributed by atoms with Gasteiger partial charge < -0.3 is 0 Å². The van der Waals surface area contributed by atoms with Gasteiger partial charge in [0, 0.05) is 0 Å². The molecule has 2 unspecified atom stereocenters. The van der Waals surface area contributed by atoms with E-state index in [1.165, 1.54) is 6.42 Å². The normalized spacial score (nSPS) is 12.9. The van der Waals surface area contributed by atoms with Crippen LogP contribution in [0.5, 0.6) is 5.75 Å². The zero-order valence-corrected chi connectivity index (χ0v) is 12.4. The molecule has 0 saturated heterocycles. The Morgan fingerprint density at radius 1 is 1.44 bits per heavy atom. The van der Waals surface area contributed by atoms with E-state index in [-0.39, 0.29) is 0 Å². The van der Waals surface area contributed by atoms with Gasteiger partial charge in [-0.25, -0.2) is 0 Å². The van der Waals surface area contributed by atoms with Gasteiger partial charge in [0.15, 0.2) is 0 Å². The molecule has 0 fully saturated rings. The third kappa shape index (κ3) is 4.85. The summed E-state index contributed by atoms with van der Waals surface area (Å²) < 4.78 is 6.21. The molecule has 0 bridgehead atoms. The molecule has 0 saturated carbocycles. The van der Waals surface area contributed by atoms with E-state index in [4.69, 9.17) is 4.74 Å². The molecular formula is C13H20AsNO. The third-order valence-corrected chi connectivity index (χ3v) is 3.88. The Labute approximate surface area is 107 Å². The molecular weight excluding hydrogens is 261 g/mol. The molecule has 2 atom stereocenters. The molecule has 0 radical (unpaired) electrons. The summed E-state index contributed by atoms with van der Waals surface area (Å²) in [4.78, 5) is 4.15. The molecule has 3 heteroatoms. The van der Waals surface area contributed by atoms with Gasteiger partial charge in [-0.15, -0.1) is 0 Å². The molecule has 0 spiro atoms. The fraction of sp³-hybridized carbons (Fsp3) is 0.462. The standard InChI is InChI=1S/C13H20AsNO/c1-3-12(14)7-5-6-11-8-13(16-4-2)10-15-9-11/h5-6,8-10,12H,3-4,7,14H2,1-2H3. The number of ether oxygens (including phenoxy) is 1. The predicted molar refractivity (Wildman–Crippen MR) is 71.6 cm³/mol. The summed E-state index contributed by atoms with van der Waals surface area (Å²) in [7, 11) is 0. The van der Waals surface area contributed by atoms with E-state index < -0.39 is 0 Å². The Morgan fingerprint density at radius 2 is 2.25 bits per heavy atom. The fourth-order valence-electron chi connectivity index (χ4n) is 1.32. The Balaban J connectivity index is 2.55. The van der Waals surface area contributed by atoms with Gasteiger partial charge in [0.25, 0.3) is 0 Å². The van der Waals surface area contributed by atoms with Gasteiger partial charge in [-0.2, -0.15) is 0 Å². The Bertz CT molecular complexity index is 338. The van der Waals surface area contributed by atoms with Crippen LogP contribution in [0.15, 0.2) is 24.5 Å². The topological polar surface area (TPSA) is 22.1 Å². The SMILES string of the molecule is CCOc1cncc(C=CCC([AsH2])CC)c1. The quantitative estimate of drug-likeness (QED) is 0.748. The number of aromatic nitrogens is 1. The summed E-state index contributed by atoms with van der Waals surface area (Å²) in [6, 6.07) is 2.02. The number of allylic oxidation sites excluding steroid dienone is 1. The van der Waals surface area contributed by atoms with Crippen molar-refractivity contribution >= 4 is 22.9 Å². The minimum atomic E-state index is 0.685. The van der Waals surface area contributed by atoms with Crippen LogP contribution < -0.4 is 4.74 Å². The second-order valence-electron chi connectivity index (χ2n) is 3.69. The predicted octanol–water partition coefficient (Wildman–Crippen LogP) is 2.72. The van der Waals surface area contributed by atoms with Gasteiger partial charge in [0.1, 0.15) is 0 Å². The van der Waals surface area contributed by atoms with Crippen molar-refractivity contribution in [1.82, 2.24) is 4.98 Å². The summed E-state index contributed by atoms with van der Waals surface area (Å²) >= 11 is 1.82. The van der Waals surface area contributed by atoms with E-state index in [1.54, 1.807) is 6.20 Å². The average molecular weight is 281 g/mol. The molecule has 0 aliphatic carbocycles. The summed E-state index contributed by atoms with van der Waals surface area (Å²) in [5, 5.41) is 0. The van der Waals surface area contributed by atoms with Crippen LogP contribution in [0.1, 0.15) is 32.3 Å². The van der Waals surface area contributed by atoms with E-state index in [1.807, 2.05) is 36.0 Å². The number of pyridine rings is 1. The maximum atomic E-state index is 5.40. The first kappa shape index (κ1) is 13.3. The number of hydrogen-bond acceptors (Lipinski definition) is 2. The molecule has 0 amide bonds. The van der Waals surface area contributed by atoms with Crippen LogP contribution in [0, 0.1) is 0 Å². The first-order valence-corrected chi connectivity index (χ1v) is 7.16. The van der Waals surface area contributed by atoms with Gasteiger partial charge in [-0.1, -0.05) is 0 Å². The second-order valence-corrected chi connectivity index (χ2v) is 5.67. The Hall–Kier alpha value is -0.752. The Kier molecular flexibility index (Phi) is 6.25. The van der Waals surface area contributed by atoms with Gasteiger partial charge in [-0.3, -0.25) is 0 Å². The molecule has 2 nitrogen and oxygen atoms in total. The van der Waals surface area contributed by atoms with Crippen molar-refractivity contribution in [3.05, 3.63) is 30.1 Å². The van der Waals surface area contributed by atoms with Crippen molar-refractivity contribution in [3.8, 4) is 5.75 Å². The van der Waals surface area contributed by atoms with E-state index >= 15 is 0 Å². The van der Waals surface area contributed by atoms with Gasteiger partial charge in [0.2, 0.25) is 0 Å². The van der Waals surface area contributed by atoms with E-state index in [9.17, 15) is 0 Å². The van der Waals surface area contributed by atoms with Crippen LogP contribution in [0.3, 0.4) is 0 Å². The zero-order valence-electron chi connectivity index (χ0n) is 10.0. The molecule has 1 aromatic rings. The van der Waals surface area contributed by atoms with Crippen LogP contribution in [0.4, 0.5) is 0 Å². The van der Waals surface area contributed by atoms with Gasteiger partial charge >= 0.3 is 107 Å². The summed E-state index contributed by atoms with van der Waals surface area (Å²) in [5.74, 6) is 0.845. The van der Waals surface area contributed by atoms with Gasteiger partial charge in [-0.05, 0) is 0 Å². The minimum absolute atomic E-state index is 0.685. The molecule has 1 heterocycles. The molecule has 1 rings (SSSR count). The molecule has 16 heavy (non-hydrogen) atoms. The third-order valence-electron chi connectivity index (χ3n) is 2.32. The van der Waals surface area contributed by atoms with Crippen LogP contribution in [-0.2, 0) is 0 Å². The molecule has 0 aliphatic rings. The number of hydrogen-bond donors (Lipinski definition) is 0. The number of rotatable bonds is 6. The van der Waals surface area contributed by atoms with Crippen molar-refractivity contribution in [2.24, 2.45) is 0 Å². The fourth-order valence-corrected chi connectivity index (χ4v) is 1.65. The summed E-state index contributed by atoms with van der Waals surface area (Å²) in [6.45, 7) is 4.90. The number of nitrogens with zero attached hydrogens (tertiary/aromatic N) is 1. The first-order chi connectivity index (χ1) is 7.76. The van der Waals surface area contributed by atoms with E-state index in [0.29, 0.717) is 6.61 Å². The van der Waals surface area contributed by atoms with Crippen molar-refractivity contribution in [3.63, 3.8) is 0 Å². The Morgan fingerprint density at radius 3 is 2.94 bits per heavy atom. The molecule has 1 aromatic heterocycles. The van der Waals surface area contributed by atoms with Crippen LogP contribution in [0.2, 0.25) is 4.71 Å². The van der Waals surface area contributed by atoms with Gasteiger partial charge in [0.05, 0.1) is 0 Å². The summed E-state index contributed by atoms with van der Waals surface area (Å²) in [5.41, 5.74) is 1.11. The van der Waals surface area contributed by atoms with Crippen LogP contribution in [-0.4, -0.2) is 28.4 Å². The monoisotopic (exact) mass is 281 g/mol. The zero-order chi connectivity index (χ0) is 11.8.